The number of benzene rings is 1. The molecule has 0 aromatic heterocycles. The maximum Gasteiger partial charge on any atom is 0.0399 e. The lowest BCUT2D eigenvalue weighted by Gasteiger charge is -2.41. The van der Waals surface area contributed by atoms with Crippen LogP contribution in [0.4, 0.5) is 5.69 Å². The summed E-state index contributed by atoms with van der Waals surface area (Å²) in [6.45, 7) is 3.22. The second kappa shape index (κ2) is 5.54. The molecule has 1 aliphatic heterocycles. The van der Waals surface area contributed by atoms with Crippen molar-refractivity contribution in [1.29, 1.82) is 0 Å². The van der Waals surface area contributed by atoms with Gasteiger partial charge in [0.25, 0.3) is 0 Å². The van der Waals surface area contributed by atoms with Gasteiger partial charge in [0.15, 0.2) is 0 Å². The van der Waals surface area contributed by atoms with Crippen molar-refractivity contribution in [2.75, 3.05) is 24.5 Å². The summed E-state index contributed by atoms with van der Waals surface area (Å²) in [6, 6.07) is 8.81. The molecule has 0 bridgehead atoms. The second-order valence-electron chi connectivity index (χ2n) is 6.36. The van der Waals surface area contributed by atoms with Crippen LogP contribution in [0, 0.1) is 5.41 Å². The first-order chi connectivity index (χ1) is 9.33. The molecule has 1 aromatic carbocycles. The van der Waals surface area contributed by atoms with Gasteiger partial charge in [0, 0.05) is 18.8 Å². The number of anilines is 1. The summed E-state index contributed by atoms with van der Waals surface area (Å²) in [5, 5.41) is 0. The Bertz CT molecular complexity index is 411. The summed E-state index contributed by atoms with van der Waals surface area (Å²) < 4.78 is 0. The van der Waals surface area contributed by atoms with Crippen molar-refractivity contribution in [3.63, 3.8) is 0 Å². The number of nitrogens with zero attached hydrogens (tertiary/aromatic N) is 1. The Morgan fingerprint density at radius 1 is 1.00 bits per heavy atom. The fourth-order valence-corrected chi connectivity index (χ4v) is 4.03. The van der Waals surface area contributed by atoms with Gasteiger partial charge in [-0.3, -0.25) is 0 Å². The lowest BCUT2D eigenvalue weighted by molar-refractivity contribution is 0.226. The van der Waals surface area contributed by atoms with E-state index < -0.39 is 0 Å². The maximum atomic E-state index is 5.73. The zero-order valence-corrected chi connectivity index (χ0v) is 11.9. The smallest absolute Gasteiger partial charge is 0.0399 e. The van der Waals surface area contributed by atoms with Crippen LogP contribution >= 0.6 is 0 Å². The molecular weight excluding hydrogens is 232 g/mol. The van der Waals surface area contributed by atoms with Crippen molar-refractivity contribution in [2.24, 2.45) is 11.1 Å². The van der Waals surface area contributed by atoms with Crippen molar-refractivity contribution in [1.82, 2.24) is 0 Å². The van der Waals surface area contributed by atoms with Gasteiger partial charge in [-0.25, -0.2) is 0 Å². The SMILES string of the molecule is NCCc1ccccc1N1CCC2(CCCC2)CC1. The molecule has 2 nitrogen and oxygen atoms in total. The van der Waals surface area contributed by atoms with E-state index in [0.29, 0.717) is 5.41 Å². The van der Waals surface area contributed by atoms with E-state index in [2.05, 4.69) is 29.2 Å². The molecule has 3 rings (SSSR count). The van der Waals surface area contributed by atoms with Crippen LogP contribution in [0.5, 0.6) is 0 Å². The Hall–Kier alpha value is -1.02. The van der Waals surface area contributed by atoms with Crippen molar-refractivity contribution in [2.45, 2.75) is 44.9 Å². The fourth-order valence-electron chi connectivity index (χ4n) is 4.03. The van der Waals surface area contributed by atoms with Gasteiger partial charge in [-0.05, 0) is 55.7 Å². The summed E-state index contributed by atoms with van der Waals surface area (Å²) in [5.74, 6) is 0. The molecule has 0 atom stereocenters. The molecule has 1 heterocycles. The predicted molar refractivity (Wildman–Crippen MR) is 81.5 cm³/mol. The van der Waals surface area contributed by atoms with Gasteiger partial charge >= 0.3 is 0 Å². The van der Waals surface area contributed by atoms with E-state index in [1.54, 1.807) is 0 Å². The summed E-state index contributed by atoms with van der Waals surface area (Å²) in [4.78, 5) is 2.59. The summed E-state index contributed by atoms with van der Waals surface area (Å²) in [5.41, 5.74) is 9.30. The Kier molecular flexibility index (Phi) is 3.79. The van der Waals surface area contributed by atoms with Crippen LogP contribution in [-0.4, -0.2) is 19.6 Å². The van der Waals surface area contributed by atoms with E-state index in [1.807, 2.05) is 0 Å². The topological polar surface area (TPSA) is 29.3 Å². The molecule has 1 spiro atoms. The zero-order chi connectivity index (χ0) is 13.1. The third-order valence-electron chi connectivity index (χ3n) is 5.23. The van der Waals surface area contributed by atoms with Crippen molar-refractivity contribution in [3.8, 4) is 0 Å². The highest BCUT2D eigenvalue weighted by atomic mass is 15.1. The third-order valence-corrected chi connectivity index (χ3v) is 5.23. The number of nitrogens with two attached hydrogens (primary N) is 1. The number of hydrogen-bond donors (Lipinski definition) is 1. The average molecular weight is 258 g/mol. The van der Waals surface area contributed by atoms with Crippen LogP contribution in [0.15, 0.2) is 24.3 Å². The summed E-state index contributed by atoms with van der Waals surface area (Å²) in [6.07, 6.45) is 9.66. The highest BCUT2D eigenvalue weighted by Crippen LogP contribution is 2.46. The van der Waals surface area contributed by atoms with Gasteiger partial charge in [-0.2, -0.15) is 0 Å². The lowest BCUT2D eigenvalue weighted by Crippen LogP contribution is -2.39. The van der Waals surface area contributed by atoms with Gasteiger partial charge in [0.2, 0.25) is 0 Å². The van der Waals surface area contributed by atoms with Crippen LogP contribution in [0.25, 0.3) is 0 Å². The first-order valence-corrected chi connectivity index (χ1v) is 7.86. The maximum absolute atomic E-state index is 5.73. The standard InChI is InChI=1S/C17H26N2/c18-12-7-15-5-1-2-6-16(15)19-13-10-17(11-14-19)8-3-4-9-17/h1-2,5-6H,3-4,7-14,18H2. The van der Waals surface area contributed by atoms with E-state index in [1.165, 1.54) is 62.9 Å². The normalized spacial score (nSPS) is 22.1. The molecule has 0 radical (unpaired) electrons. The molecule has 0 unspecified atom stereocenters. The molecule has 2 N–H and O–H groups in total. The van der Waals surface area contributed by atoms with E-state index in [9.17, 15) is 0 Å². The quantitative estimate of drug-likeness (QED) is 0.901. The predicted octanol–water partition coefficient (Wildman–Crippen LogP) is 3.35. The van der Waals surface area contributed by atoms with Crippen LogP contribution in [0.3, 0.4) is 0 Å². The van der Waals surface area contributed by atoms with E-state index in [4.69, 9.17) is 5.73 Å². The molecule has 2 fully saturated rings. The highest BCUT2D eigenvalue weighted by Gasteiger charge is 2.37. The minimum atomic E-state index is 0.708. The van der Waals surface area contributed by atoms with Crippen molar-refractivity contribution in [3.05, 3.63) is 29.8 Å². The largest absolute Gasteiger partial charge is 0.371 e. The summed E-state index contributed by atoms with van der Waals surface area (Å²) in [7, 11) is 0. The number of piperidine rings is 1. The first kappa shape index (κ1) is 13.0. The molecule has 19 heavy (non-hydrogen) atoms. The number of hydrogen-bond acceptors (Lipinski definition) is 2. The number of rotatable bonds is 3. The molecule has 1 saturated heterocycles. The van der Waals surface area contributed by atoms with E-state index >= 15 is 0 Å². The minimum absolute atomic E-state index is 0.708. The fraction of sp³-hybridized carbons (Fsp3) is 0.647. The highest BCUT2D eigenvalue weighted by molar-refractivity contribution is 5.54. The molecule has 2 heteroatoms. The Balaban J connectivity index is 1.71. The molecule has 1 saturated carbocycles. The Morgan fingerprint density at radius 3 is 2.37 bits per heavy atom. The Labute approximate surface area is 117 Å². The molecule has 0 amide bonds. The number of para-hydroxylation sites is 1. The zero-order valence-electron chi connectivity index (χ0n) is 11.9. The lowest BCUT2D eigenvalue weighted by atomic mass is 9.77. The van der Waals surface area contributed by atoms with Crippen LogP contribution in [0.1, 0.15) is 44.1 Å². The van der Waals surface area contributed by atoms with E-state index in [-0.39, 0.29) is 0 Å². The van der Waals surface area contributed by atoms with Gasteiger partial charge < -0.3 is 10.6 Å². The summed E-state index contributed by atoms with van der Waals surface area (Å²) >= 11 is 0. The second-order valence-corrected chi connectivity index (χ2v) is 6.36. The molecular formula is C17H26N2. The van der Waals surface area contributed by atoms with Gasteiger partial charge in [0.1, 0.15) is 0 Å². The minimum Gasteiger partial charge on any atom is -0.371 e. The average Bonchev–Trinajstić information content (AvgIpc) is 2.89. The van der Waals surface area contributed by atoms with Crippen LogP contribution in [0.2, 0.25) is 0 Å². The van der Waals surface area contributed by atoms with Crippen molar-refractivity contribution >= 4 is 5.69 Å². The van der Waals surface area contributed by atoms with Crippen LogP contribution in [-0.2, 0) is 6.42 Å². The molecule has 104 valence electrons. The molecule has 1 aromatic rings. The Morgan fingerprint density at radius 2 is 1.68 bits per heavy atom. The molecule has 2 aliphatic rings. The van der Waals surface area contributed by atoms with Gasteiger partial charge in [0.05, 0.1) is 0 Å². The third kappa shape index (κ3) is 2.64. The van der Waals surface area contributed by atoms with E-state index in [0.717, 1.165) is 13.0 Å². The monoisotopic (exact) mass is 258 g/mol. The first-order valence-electron chi connectivity index (χ1n) is 7.86. The van der Waals surface area contributed by atoms with Gasteiger partial charge in [-0.1, -0.05) is 31.0 Å². The van der Waals surface area contributed by atoms with Gasteiger partial charge in [-0.15, -0.1) is 0 Å². The van der Waals surface area contributed by atoms with Crippen molar-refractivity contribution < 1.29 is 0 Å². The molecule has 1 aliphatic carbocycles. The van der Waals surface area contributed by atoms with Crippen LogP contribution < -0.4 is 10.6 Å².